The third-order valence-electron chi connectivity index (χ3n) is 5.77. The Morgan fingerprint density at radius 2 is 1.85 bits per heavy atom. The molecule has 0 aromatic carbocycles. The number of carbonyl (C=O) groups excluding carboxylic acids is 2. The van der Waals surface area contributed by atoms with Crippen LogP contribution in [0.15, 0.2) is 6.33 Å². The summed E-state index contributed by atoms with van der Waals surface area (Å²) in [7, 11) is 0. The van der Waals surface area contributed by atoms with Crippen molar-refractivity contribution in [2.45, 2.75) is 58.0 Å². The molecule has 2 heterocycles. The van der Waals surface area contributed by atoms with Crippen LogP contribution in [-0.4, -0.2) is 63.4 Å². The van der Waals surface area contributed by atoms with Crippen molar-refractivity contribution in [2.75, 3.05) is 26.2 Å². The number of alkyl halides is 1. The maximum Gasteiger partial charge on any atom is 0.260 e. The van der Waals surface area contributed by atoms with Gasteiger partial charge in [0.1, 0.15) is 0 Å². The first-order chi connectivity index (χ1) is 12.4. The van der Waals surface area contributed by atoms with Gasteiger partial charge in [-0.15, -0.1) is 0 Å². The van der Waals surface area contributed by atoms with Crippen LogP contribution in [0.5, 0.6) is 0 Å². The molecule has 0 spiro atoms. The van der Waals surface area contributed by atoms with E-state index in [0.717, 1.165) is 37.1 Å². The van der Waals surface area contributed by atoms with Gasteiger partial charge in [-0.2, -0.15) is 0 Å². The highest BCUT2D eigenvalue weighted by molar-refractivity contribution is 5.85. The summed E-state index contributed by atoms with van der Waals surface area (Å²) >= 11 is 0. The lowest BCUT2D eigenvalue weighted by atomic mass is 9.91. The van der Waals surface area contributed by atoms with Gasteiger partial charge in [0.2, 0.25) is 5.91 Å². The number of nitrogens with zero attached hydrogens (tertiary/aromatic N) is 3. The summed E-state index contributed by atoms with van der Waals surface area (Å²) in [5, 5.41) is 0. The number of imidazole rings is 1. The van der Waals surface area contributed by atoms with Crippen molar-refractivity contribution in [3.8, 4) is 0 Å². The van der Waals surface area contributed by atoms with Crippen LogP contribution in [0, 0.1) is 12.8 Å². The SMILES string of the molecule is Cc1[nH]cnc1CC(=O)N1CCN(C(=O)C(C)(F)CC2CCCC2)CC1. The fourth-order valence-corrected chi connectivity index (χ4v) is 4.15. The molecule has 1 aromatic rings. The number of nitrogens with one attached hydrogen (secondary N) is 1. The summed E-state index contributed by atoms with van der Waals surface area (Å²) < 4.78 is 15.0. The third-order valence-corrected chi connectivity index (χ3v) is 5.77. The second-order valence-electron chi connectivity index (χ2n) is 7.88. The van der Waals surface area contributed by atoms with Crippen molar-refractivity contribution in [3.05, 3.63) is 17.7 Å². The van der Waals surface area contributed by atoms with E-state index in [-0.39, 0.29) is 12.3 Å². The maximum absolute atomic E-state index is 15.0. The molecule has 26 heavy (non-hydrogen) atoms. The molecule has 1 aromatic heterocycles. The van der Waals surface area contributed by atoms with Crippen LogP contribution < -0.4 is 0 Å². The van der Waals surface area contributed by atoms with Gasteiger partial charge in [0, 0.05) is 31.9 Å². The first kappa shape index (κ1) is 18.9. The highest BCUT2D eigenvalue weighted by Gasteiger charge is 2.40. The molecular formula is C19H29FN4O2. The van der Waals surface area contributed by atoms with E-state index in [0.29, 0.717) is 38.5 Å². The van der Waals surface area contributed by atoms with Gasteiger partial charge < -0.3 is 14.8 Å². The van der Waals surface area contributed by atoms with Crippen LogP contribution in [-0.2, 0) is 16.0 Å². The minimum Gasteiger partial charge on any atom is -0.348 e. The van der Waals surface area contributed by atoms with E-state index in [2.05, 4.69) is 9.97 Å². The van der Waals surface area contributed by atoms with Gasteiger partial charge in [0.05, 0.1) is 18.4 Å². The van der Waals surface area contributed by atoms with Crippen molar-refractivity contribution in [3.63, 3.8) is 0 Å². The first-order valence-electron chi connectivity index (χ1n) is 9.62. The predicted molar refractivity (Wildman–Crippen MR) is 96.3 cm³/mol. The van der Waals surface area contributed by atoms with Crippen molar-refractivity contribution in [1.29, 1.82) is 0 Å². The average Bonchev–Trinajstić information content (AvgIpc) is 3.26. The second-order valence-corrected chi connectivity index (χ2v) is 7.88. The Hall–Kier alpha value is -1.92. The normalized spacial score (nSPS) is 21.0. The molecule has 1 aliphatic carbocycles. The van der Waals surface area contributed by atoms with Crippen molar-refractivity contribution < 1.29 is 14.0 Å². The topological polar surface area (TPSA) is 69.3 Å². The van der Waals surface area contributed by atoms with Crippen LogP contribution in [0.4, 0.5) is 4.39 Å². The minimum absolute atomic E-state index is 0.00117. The number of amides is 2. The zero-order valence-corrected chi connectivity index (χ0v) is 15.8. The fourth-order valence-electron chi connectivity index (χ4n) is 4.15. The molecule has 1 unspecified atom stereocenters. The zero-order chi connectivity index (χ0) is 18.7. The molecule has 1 saturated carbocycles. The number of hydrogen-bond donors (Lipinski definition) is 1. The molecule has 3 rings (SSSR count). The number of carbonyl (C=O) groups is 2. The number of aromatic nitrogens is 2. The summed E-state index contributed by atoms with van der Waals surface area (Å²) in [6.07, 6.45) is 6.51. The molecule has 2 amide bonds. The van der Waals surface area contributed by atoms with Crippen LogP contribution in [0.2, 0.25) is 0 Å². The quantitative estimate of drug-likeness (QED) is 0.871. The summed E-state index contributed by atoms with van der Waals surface area (Å²) in [5.74, 6) is -0.0881. The molecule has 1 atom stereocenters. The van der Waals surface area contributed by atoms with E-state index in [9.17, 15) is 14.0 Å². The number of aromatic amines is 1. The first-order valence-corrected chi connectivity index (χ1v) is 9.62. The van der Waals surface area contributed by atoms with Crippen molar-refractivity contribution >= 4 is 11.8 Å². The molecule has 1 aliphatic heterocycles. The Labute approximate surface area is 154 Å². The molecule has 0 radical (unpaired) electrons. The molecule has 7 heteroatoms. The van der Waals surface area contributed by atoms with Gasteiger partial charge in [-0.1, -0.05) is 25.7 Å². The number of piperazine rings is 1. The number of halogens is 1. The molecule has 1 N–H and O–H groups in total. The van der Waals surface area contributed by atoms with Gasteiger partial charge in [0.25, 0.3) is 5.91 Å². The van der Waals surface area contributed by atoms with Gasteiger partial charge in [-0.05, 0) is 26.2 Å². The smallest absolute Gasteiger partial charge is 0.260 e. The third kappa shape index (κ3) is 4.24. The van der Waals surface area contributed by atoms with Crippen LogP contribution in [0.1, 0.15) is 50.4 Å². The summed E-state index contributed by atoms with van der Waals surface area (Å²) in [4.78, 5) is 35.5. The number of aryl methyl sites for hydroxylation is 1. The molecule has 0 bridgehead atoms. The second kappa shape index (κ2) is 7.76. The fraction of sp³-hybridized carbons (Fsp3) is 0.737. The predicted octanol–water partition coefficient (Wildman–Crippen LogP) is 2.24. The van der Waals surface area contributed by atoms with Crippen molar-refractivity contribution in [1.82, 2.24) is 19.8 Å². The lowest BCUT2D eigenvalue weighted by Gasteiger charge is -2.37. The highest BCUT2D eigenvalue weighted by atomic mass is 19.1. The number of rotatable bonds is 5. The van der Waals surface area contributed by atoms with E-state index in [1.165, 1.54) is 6.92 Å². The molecule has 2 fully saturated rings. The van der Waals surface area contributed by atoms with Crippen molar-refractivity contribution in [2.24, 2.45) is 5.92 Å². The summed E-state index contributed by atoms with van der Waals surface area (Å²) in [5.41, 5.74) is -0.151. The van der Waals surface area contributed by atoms with Crippen LogP contribution in [0.3, 0.4) is 0 Å². The number of H-pyrrole nitrogens is 1. The van der Waals surface area contributed by atoms with E-state index >= 15 is 0 Å². The summed E-state index contributed by atoms with van der Waals surface area (Å²) in [6.45, 7) is 5.01. The Bertz CT molecular complexity index is 644. The molecule has 144 valence electrons. The largest absolute Gasteiger partial charge is 0.348 e. The van der Waals surface area contributed by atoms with E-state index < -0.39 is 11.6 Å². The molecular weight excluding hydrogens is 335 g/mol. The average molecular weight is 364 g/mol. The maximum atomic E-state index is 15.0. The van der Waals surface area contributed by atoms with Gasteiger partial charge in [-0.3, -0.25) is 9.59 Å². The molecule has 6 nitrogen and oxygen atoms in total. The Balaban J connectivity index is 1.50. The van der Waals surface area contributed by atoms with E-state index in [1.807, 2.05) is 6.92 Å². The Kier molecular flexibility index (Phi) is 5.63. The Morgan fingerprint density at radius 1 is 1.23 bits per heavy atom. The van der Waals surface area contributed by atoms with Crippen LogP contribution in [0.25, 0.3) is 0 Å². The molecule has 1 saturated heterocycles. The zero-order valence-electron chi connectivity index (χ0n) is 15.8. The number of hydrogen-bond acceptors (Lipinski definition) is 3. The van der Waals surface area contributed by atoms with E-state index in [4.69, 9.17) is 0 Å². The van der Waals surface area contributed by atoms with Gasteiger partial charge in [0.15, 0.2) is 5.67 Å². The summed E-state index contributed by atoms with van der Waals surface area (Å²) in [6, 6.07) is 0. The Morgan fingerprint density at radius 3 is 2.42 bits per heavy atom. The lowest BCUT2D eigenvalue weighted by Crippen LogP contribution is -2.55. The standard InChI is InChI=1S/C19H29FN4O2/c1-14-16(22-13-21-14)11-17(25)23-7-9-24(10-8-23)18(26)19(2,20)12-15-5-3-4-6-15/h13,15H,3-12H2,1-2H3,(H,21,22). The monoisotopic (exact) mass is 364 g/mol. The molecule has 2 aliphatic rings. The van der Waals surface area contributed by atoms with E-state index in [1.54, 1.807) is 16.1 Å². The highest BCUT2D eigenvalue weighted by Crippen LogP contribution is 2.34. The van der Waals surface area contributed by atoms with Crippen LogP contribution >= 0.6 is 0 Å². The van der Waals surface area contributed by atoms with Gasteiger partial charge >= 0.3 is 0 Å². The minimum atomic E-state index is -1.80. The van der Waals surface area contributed by atoms with Gasteiger partial charge in [-0.25, -0.2) is 9.37 Å². The lowest BCUT2D eigenvalue weighted by molar-refractivity contribution is -0.148.